The number of nitrogens with one attached hydrogen (secondary N) is 1. The first-order chi connectivity index (χ1) is 7.09. The monoisotopic (exact) mass is 274 g/mol. The summed E-state index contributed by atoms with van der Waals surface area (Å²) in [6.45, 7) is 2.04. The second-order valence-corrected chi connectivity index (χ2v) is 4.49. The fourth-order valence-corrected chi connectivity index (χ4v) is 1.39. The van der Waals surface area contributed by atoms with Crippen LogP contribution in [-0.4, -0.2) is 33.9 Å². The van der Waals surface area contributed by atoms with E-state index in [1.807, 2.05) is 18.2 Å². The van der Waals surface area contributed by atoms with E-state index in [2.05, 4.69) is 26.2 Å². The van der Waals surface area contributed by atoms with Gasteiger partial charge in [-0.3, -0.25) is 0 Å². The number of aliphatic hydroxyl groups is 2. The summed E-state index contributed by atoms with van der Waals surface area (Å²) in [6.07, 6.45) is 0. The Labute approximate surface area is 97.5 Å². The molecule has 0 amide bonds. The highest BCUT2D eigenvalue weighted by Crippen LogP contribution is 2.08. The molecule has 3 N–H and O–H groups in total. The summed E-state index contributed by atoms with van der Waals surface area (Å²) in [6, 6.07) is 5.62. The predicted octanol–water partition coefficient (Wildman–Crippen LogP) is 0.677. The standard InChI is InChI=1S/C10H15BrN2O2/c1-10(6-14,7-15)12-5-8-3-2-4-9(11)13-8/h2-4,12,14-15H,5-7H2,1H3. The van der Waals surface area contributed by atoms with Crippen LogP contribution in [0.3, 0.4) is 0 Å². The Morgan fingerprint density at radius 3 is 2.60 bits per heavy atom. The minimum Gasteiger partial charge on any atom is -0.394 e. The van der Waals surface area contributed by atoms with Gasteiger partial charge in [-0.25, -0.2) is 4.98 Å². The molecule has 0 aliphatic heterocycles. The van der Waals surface area contributed by atoms with Crippen molar-refractivity contribution >= 4 is 15.9 Å². The summed E-state index contributed by atoms with van der Waals surface area (Å²) in [5, 5.41) is 21.2. The third-order valence-electron chi connectivity index (χ3n) is 2.17. The number of hydrogen-bond acceptors (Lipinski definition) is 4. The molecular weight excluding hydrogens is 260 g/mol. The van der Waals surface area contributed by atoms with Gasteiger partial charge in [-0.2, -0.15) is 0 Å². The van der Waals surface area contributed by atoms with E-state index >= 15 is 0 Å². The molecule has 1 heterocycles. The van der Waals surface area contributed by atoms with Gasteiger partial charge in [-0.1, -0.05) is 6.07 Å². The van der Waals surface area contributed by atoms with Crippen molar-refractivity contribution in [2.75, 3.05) is 13.2 Å². The summed E-state index contributed by atoms with van der Waals surface area (Å²) in [5.74, 6) is 0. The minimum atomic E-state index is -0.663. The van der Waals surface area contributed by atoms with Gasteiger partial charge in [-0.05, 0) is 35.0 Å². The van der Waals surface area contributed by atoms with E-state index in [1.54, 1.807) is 6.92 Å². The van der Waals surface area contributed by atoms with Crippen LogP contribution < -0.4 is 5.32 Å². The van der Waals surface area contributed by atoms with Crippen LogP contribution in [0.25, 0.3) is 0 Å². The molecule has 0 aromatic carbocycles. The van der Waals surface area contributed by atoms with E-state index in [0.29, 0.717) is 6.54 Å². The Hall–Kier alpha value is -0.490. The van der Waals surface area contributed by atoms with Gasteiger partial charge < -0.3 is 15.5 Å². The summed E-state index contributed by atoms with van der Waals surface area (Å²) in [5.41, 5.74) is 0.196. The zero-order valence-corrected chi connectivity index (χ0v) is 10.2. The van der Waals surface area contributed by atoms with Crippen molar-refractivity contribution in [1.29, 1.82) is 0 Å². The number of aliphatic hydroxyl groups excluding tert-OH is 2. The van der Waals surface area contributed by atoms with Gasteiger partial charge in [0.25, 0.3) is 0 Å². The molecule has 0 bridgehead atoms. The van der Waals surface area contributed by atoms with E-state index in [1.165, 1.54) is 0 Å². The SMILES string of the molecule is CC(CO)(CO)NCc1cccc(Br)n1. The fourth-order valence-electron chi connectivity index (χ4n) is 1.01. The van der Waals surface area contributed by atoms with E-state index in [-0.39, 0.29) is 13.2 Å². The van der Waals surface area contributed by atoms with Gasteiger partial charge in [-0.15, -0.1) is 0 Å². The molecule has 84 valence electrons. The first-order valence-corrected chi connectivity index (χ1v) is 5.47. The maximum Gasteiger partial charge on any atom is 0.106 e. The summed E-state index contributed by atoms with van der Waals surface area (Å²) < 4.78 is 0.775. The molecule has 0 unspecified atom stereocenters. The zero-order valence-electron chi connectivity index (χ0n) is 8.57. The van der Waals surface area contributed by atoms with Crippen LogP contribution in [0.1, 0.15) is 12.6 Å². The fraction of sp³-hybridized carbons (Fsp3) is 0.500. The van der Waals surface area contributed by atoms with Crippen LogP contribution in [0, 0.1) is 0 Å². The third kappa shape index (κ3) is 3.87. The van der Waals surface area contributed by atoms with Crippen LogP contribution in [-0.2, 0) is 6.54 Å². The predicted molar refractivity (Wildman–Crippen MR) is 61.4 cm³/mol. The highest BCUT2D eigenvalue weighted by atomic mass is 79.9. The summed E-state index contributed by atoms with van der Waals surface area (Å²) >= 11 is 3.28. The number of rotatable bonds is 5. The Bertz CT molecular complexity index is 316. The summed E-state index contributed by atoms with van der Waals surface area (Å²) in [7, 11) is 0. The minimum absolute atomic E-state index is 0.114. The molecule has 5 heteroatoms. The molecule has 0 aliphatic carbocycles. The highest BCUT2D eigenvalue weighted by Gasteiger charge is 2.21. The molecule has 0 aliphatic rings. The molecule has 0 spiro atoms. The average molecular weight is 275 g/mol. The van der Waals surface area contributed by atoms with Gasteiger partial charge in [0.1, 0.15) is 4.60 Å². The van der Waals surface area contributed by atoms with Crippen molar-refractivity contribution in [2.45, 2.75) is 19.0 Å². The van der Waals surface area contributed by atoms with Crippen molar-refractivity contribution in [1.82, 2.24) is 10.3 Å². The molecule has 0 saturated heterocycles. The van der Waals surface area contributed by atoms with Gasteiger partial charge in [0.2, 0.25) is 0 Å². The normalized spacial score (nSPS) is 11.7. The number of hydrogen-bond donors (Lipinski definition) is 3. The number of halogens is 1. The molecule has 4 nitrogen and oxygen atoms in total. The van der Waals surface area contributed by atoms with Crippen molar-refractivity contribution in [2.24, 2.45) is 0 Å². The smallest absolute Gasteiger partial charge is 0.106 e. The third-order valence-corrected chi connectivity index (χ3v) is 2.61. The van der Waals surface area contributed by atoms with Crippen LogP contribution in [0.2, 0.25) is 0 Å². The Morgan fingerprint density at radius 1 is 1.40 bits per heavy atom. The van der Waals surface area contributed by atoms with Gasteiger partial charge in [0, 0.05) is 6.54 Å². The van der Waals surface area contributed by atoms with E-state index in [9.17, 15) is 0 Å². The van der Waals surface area contributed by atoms with Crippen LogP contribution in [0.15, 0.2) is 22.8 Å². The second-order valence-electron chi connectivity index (χ2n) is 3.68. The lowest BCUT2D eigenvalue weighted by Gasteiger charge is -2.26. The van der Waals surface area contributed by atoms with Crippen molar-refractivity contribution < 1.29 is 10.2 Å². The number of aromatic nitrogens is 1. The van der Waals surface area contributed by atoms with Crippen molar-refractivity contribution in [3.63, 3.8) is 0 Å². The second kappa shape index (κ2) is 5.55. The summed E-state index contributed by atoms with van der Waals surface area (Å²) in [4.78, 5) is 4.24. The molecular formula is C10H15BrN2O2. The van der Waals surface area contributed by atoms with E-state index in [0.717, 1.165) is 10.3 Å². The molecule has 0 fully saturated rings. The number of pyridine rings is 1. The van der Waals surface area contributed by atoms with E-state index < -0.39 is 5.54 Å². The van der Waals surface area contributed by atoms with Crippen LogP contribution in [0.5, 0.6) is 0 Å². The molecule has 0 radical (unpaired) electrons. The topological polar surface area (TPSA) is 65.4 Å². The molecule has 15 heavy (non-hydrogen) atoms. The highest BCUT2D eigenvalue weighted by molar-refractivity contribution is 9.10. The lowest BCUT2D eigenvalue weighted by atomic mass is 10.1. The Morgan fingerprint density at radius 2 is 2.07 bits per heavy atom. The van der Waals surface area contributed by atoms with E-state index in [4.69, 9.17) is 10.2 Å². The van der Waals surface area contributed by atoms with Gasteiger partial charge in [0.05, 0.1) is 24.4 Å². The Kier molecular flexibility index (Phi) is 4.66. The van der Waals surface area contributed by atoms with Crippen LogP contribution >= 0.6 is 15.9 Å². The molecule has 1 rings (SSSR count). The van der Waals surface area contributed by atoms with Crippen molar-refractivity contribution in [3.05, 3.63) is 28.5 Å². The van der Waals surface area contributed by atoms with Gasteiger partial charge in [0.15, 0.2) is 0 Å². The number of nitrogens with zero attached hydrogens (tertiary/aromatic N) is 1. The molecule has 1 aromatic heterocycles. The van der Waals surface area contributed by atoms with Crippen molar-refractivity contribution in [3.8, 4) is 0 Å². The molecule has 1 aromatic rings. The first kappa shape index (κ1) is 12.6. The van der Waals surface area contributed by atoms with Gasteiger partial charge >= 0.3 is 0 Å². The molecule has 0 saturated carbocycles. The lowest BCUT2D eigenvalue weighted by molar-refractivity contribution is 0.103. The quantitative estimate of drug-likeness (QED) is 0.691. The largest absolute Gasteiger partial charge is 0.394 e. The lowest BCUT2D eigenvalue weighted by Crippen LogP contribution is -2.48. The van der Waals surface area contributed by atoms with Crippen LogP contribution in [0.4, 0.5) is 0 Å². The average Bonchev–Trinajstić information content (AvgIpc) is 2.26. The maximum absolute atomic E-state index is 9.07. The Balaban J connectivity index is 2.56. The first-order valence-electron chi connectivity index (χ1n) is 4.68. The maximum atomic E-state index is 9.07. The molecule has 0 atom stereocenters. The zero-order chi connectivity index (χ0) is 11.3.